The van der Waals surface area contributed by atoms with Crippen LogP contribution in [0.15, 0.2) is 18.5 Å². The van der Waals surface area contributed by atoms with Gasteiger partial charge in [-0.25, -0.2) is 0 Å². The van der Waals surface area contributed by atoms with E-state index >= 15 is 0 Å². The van der Waals surface area contributed by atoms with E-state index in [1.807, 2.05) is 12.4 Å². The van der Waals surface area contributed by atoms with Crippen molar-refractivity contribution in [3.05, 3.63) is 29.6 Å². The molecule has 1 aliphatic heterocycles. The third-order valence-electron chi connectivity index (χ3n) is 3.27. The molecule has 1 aromatic rings. The maximum absolute atomic E-state index is 5.71. The van der Waals surface area contributed by atoms with Crippen molar-refractivity contribution in [3.63, 3.8) is 0 Å². The average molecular weight is 234 g/mol. The molecule has 94 valence electrons. The first-order valence-corrected chi connectivity index (χ1v) is 6.53. The van der Waals surface area contributed by atoms with Crippen LogP contribution in [0.2, 0.25) is 0 Å². The first-order valence-electron chi connectivity index (χ1n) is 6.53. The van der Waals surface area contributed by atoms with Crippen LogP contribution in [0.5, 0.6) is 0 Å². The molecule has 0 radical (unpaired) electrons. The highest BCUT2D eigenvalue weighted by Crippen LogP contribution is 2.14. The predicted octanol–water partition coefficient (Wildman–Crippen LogP) is 2.30. The monoisotopic (exact) mass is 234 g/mol. The van der Waals surface area contributed by atoms with Crippen molar-refractivity contribution in [2.75, 3.05) is 19.7 Å². The summed E-state index contributed by atoms with van der Waals surface area (Å²) in [6, 6.07) is 2.13. The number of nitrogens with zero attached hydrogens (tertiary/aromatic N) is 1. The van der Waals surface area contributed by atoms with E-state index < -0.39 is 0 Å². The van der Waals surface area contributed by atoms with Gasteiger partial charge in [0.15, 0.2) is 0 Å². The summed E-state index contributed by atoms with van der Waals surface area (Å²) < 4.78 is 5.71. The van der Waals surface area contributed by atoms with Crippen molar-refractivity contribution in [2.45, 2.75) is 32.8 Å². The number of hydrogen-bond acceptors (Lipinski definition) is 3. The first-order chi connectivity index (χ1) is 8.34. The standard InChI is InChI=1S/C14H22N2O/c1-12-7-14(10-16-8-12)11-17-6-4-13-3-2-5-15-9-13/h7-8,10,13,15H,2-6,9,11H2,1H3. The van der Waals surface area contributed by atoms with Gasteiger partial charge in [-0.05, 0) is 56.3 Å². The Morgan fingerprint density at radius 1 is 1.47 bits per heavy atom. The fourth-order valence-electron chi connectivity index (χ4n) is 2.31. The Bertz CT molecular complexity index is 335. The van der Waals surface area contributed by atoms with Gasteiger partial charge in [-0.2, -0.15) is 0 Å². The lowest BCUT2D eigenvalue weighted by Gasteiger charge is -2.22. The molecule has 1 N–H and O–H groups in total. The van der Waals surface area contributed by atoms with Gasteiger partial charge < -0.3 is 10.1 Å². The van der Waals surface area contributed by atoms with Gasteiger partial charge >= 0.3 is 0 Å². The molecular formula is C14H22N2O. The molecule has 1 atom stereocenters. The lowest BCUT2D eigenvalue weighted by molar-refractivity contribution is 0.103. The second-order valence-corrected chi connectivity index (χ2v) is 4.92. The van der Waals surface area contributed by atoms with Gasteiger partial charge in [0.05, 0.1) is 6.61 Å². The second kappa shape index (κ2) is 6.72. The van der Waals surface area contributed by atoms with Crippen LogP contribution in [0.3, 0.4) is 0 Å². The van der Waals surface area contributed by atoms with Crippen molar-refractivity contribution < 1.29 is 4.74 Å². The summed E-state index contributed by atoms with van der Waals surface area (Å²) in [6.07, 6.45) is 7.59. The molecule has 1 fully saturated rings. The maximum Gasteiger partial charge on any atom is 0.0731 e. The molecule has 0 spiro atoms. The van der Waals surface area contributed by atoms with Gasteiger partial charge in [-0.1, -0.05) is 6.07 Å². The minimum Gasteiger partial charge on any atom is -0.377 e. The number of pyridine rings is 1. The summed E-state index contributed by atoms with van der Waals surface area (Å²) in [7, 11) is 0. The summed E-state index contributed by atoms with van der Waals surface area (Å²) in [6.45, 7) is 5.96. The summed E-state index contributed by atoms with van der Waals surface area (Å²) in [5.41, 5.74) is 2.37. The van der Waals surface area contributed by atoms with Crippen LogP contribution in [0.25, 0.3) is 0 Å². The zero-order valence-corrected chi connectivity index (χ0v) is 10.6. The van der Waals surface area contributed by atoms with Gasteiger partial charge in [-0.3, -0.25) is 4.98 Å². The SMILES string of the molecule is Cc1cncc(COCCC2CCCNC2)c1. The largest absolute Gasteiger partial charge is 0.377 e. The molecule has 1 aliphatic rings. The Hall–Kier alpha value is -0.930. The Morgan fingerprint density at radius 3 is 3.18 bits per heavy atom. The number of rotatable bonds is 5. The van der Waals surface area contributed by atoms with Crippen LogP contribution in [0.1, 0.15) is 30.4 Å². The number of piperidine rings is 1. The van der Waals surface area contributed by atoms with E-state index in [4.69, 9.17) is 4.74 Å². The van der Waals surface area contributed by atoms with Gasteiger partial charge in [0, 0.05) is 19.0 Å². The predicted molar refractivity (Wildman–Crippen MR) is 68.8 cm³/mol. The molecule has 2 heterocycles. The van der Waals surface area contributed by atoms with Crippen LogP contribution >= 0.6 is 0 Å². The number of hydrogen-bond donors (Lipinski definition) is 1. The molecule has 0 amide bonds. The number of aromatic nitrogens is 1. The van der Waals surface area contributed by atoms with Crippen molar-refractivity contribution in [3.8, 4) is 0 Å². The summed E-state index contributed by atoms with van der Waals surface area (Å²) in [5.74, 6) is 0.805. The molecule has 2 rings (SSSR count). The van der Waals surface area contributed by atoms with E-state index in [9.17, 15) is 0 Å². The highest BCUT2D eigenvalue weighted by molar-refractivity contribution is 5.15. The third-order valence-corrected chi connectivity index (χ3v) is 3.27. The third kappa shape index (κ3) is 4.44. The van der Waals surface area contributed by atoms with Crippen LogP contribution in [0, 0.1) is 12.8 Å². The number of nitrogens with one attached hydrogen (secondary N) is 1. The molecule has 17 heavy (non-hydrogen) atoms. The van der Waals surface area contributed by atoms with Gasteiger partial charge in [0.25, 0.3) is 0 Å². The molecular weight excluding hydrogens is 212 g/mol. The molecule has 1 aromatic heterocycles. The normalized spacial score (nSPS) is 20.4. The molecule has 3 nitrogen and oxygen atoms in total. The quantitative estimate of drug-likeness (QED) is 0.794. The molecule has 0 saturated carbocycles. The summed E-state index contributed by atoms with van der Waals surface area (Å²) >= 11 is 0. The lowest BCUT2D eigenvalue weighted by Crippen LogP contribution is -2.30. The van der Waals surface area contributed by atoms with Crippen molar-refractivity contribution in [2.24, 2.45) is 5.92 Å². The van der Waals surface area contributed by atoms with Crippen LogP contribution < -0.4 is 5.32 Å². The van der Waals surface area contributed by atoms with E-state index in [-0.39, 0.29) is 0 Å². The minimum absolute atomic E-state index is 0.689. The summed E-state index contributed by atoms with van der Waals surface area (Å²) in [5, 5.41) is 3.44. The van der Waals surface area contributed by atoms with E-state index in [0.717, 1.165) is 19.1 Å². The van der Waals surface area contributed by atoms with Crippen LogP contribution in [0.4, 0.5) is 0 Å². The van der Waals surface area contributed by atoms with Crippen LogP contribution in [-0.4, -0.2) is 24.7 Å². The lowest BCUT2D eigenvalue weighted by atomic mass is 9.97. The number of aryl methyl sites for hydroxylation is 1. The van der Waals surface area contributed by atoms with Crippen LogP contribution in [-0.2, 0) is 11.3 Å². The van der Waals surface area contributed by atoms with E-state index in [1.165, 1.54) is 36.9 Å². The smallest absolute Gasteiger partial charge is 0.0731 e. The van der Waals surface area contributed by atoms with E-state index in [2.05, 4.69) is 23.3 Å². The maximum atomic E-state index is 5.71. The average Bonchev–Trinajstić information content (AvgIpc) is 2.36. The molecule has 0 aromatic carbocycles. The molecule has 1 unspecified atom stereocenters. The van der Waals surface area contributed by atoms with Crippen molar-refractivity contribution in [1.82, 2.24) is 10.3 Å². The second-order valence-electron chi connectivity index (χ2n) is 4.92. The zero-order chi connectivity index (χ0) is 11.9. The fraction of sp³-hybridized carbons (Fsp3) is 0.643. The molecule has 1 saturated heterocycles. The Morgan fingerprint density at radius 2 is 2.41 bits per heavy atom. The molecule has 0 aliphatic carbocycles. The number of ether oxygens (including phenoxy) is 1. The minimum atomic E-state index is 0.689. The highest BCUT2D eigenvalue weighted by atomic mass is 16.5. The summed E-state index contributed by atoms with van der Waals surface area (Å²) in [4.78, 5) is 4.16. The zero-order valence-electron chi connectivity index (χ0n) is 10.6. The Labute approximate surface area is 104 Å². The van der Waals surface area contributed by atoms with Gasteiger partial charge in [-0.15, -0.1) is 0 Å². The van der Waals surface area contributed by atoms with E-state index in [0.29, 0.717) is 6.61 Å². The Balaban J connectivity index is 1.62. The van der Waals surface area contributed by atoms with Gasteiger partial charge in [0.1, 0.15) is 0 Å². The first kappa shape index (κ1) is 12.5. The topological polar surface area (TPSA) is 34.1 Å². The van der Waals surface area contributed by atoms with Crippen molar-refractivity contribution in [1.29, 1.82) is 0 Å². The molecule has 3 heteroatoms. The Kier molecular flexibility index (Phi) is 4.95. The van der Waals surface area contributed by atoms with Gasteiger partial charge in [0.2, 0.25) is 0 Å². The van der Waals surface area contributed by atoms with Crippen molar-refractivity contribution >= 4 is 0 Å². The van der Waals surface area contributed by atoms with E-state index in [1.54, 1.807) is 0 Å². The molecule has 0 bridgehead atoms. The highest BCUT2D eigenvalue weighted by Gasteiger charge is 2.12. The fourth-order valence-corrected chi connectivity index (χ4v) is 2.31.